The second-order valence-corrected chi connectivity index (χ2v) is 13.7. The largest absolute Gasteiger partial charge is 0.457 e. The summed E-state index contributed by atoms with van der Waals surface area (Å²) in [7, 11) is 1.87. The molecule has 0 radical (unpaired) electrons. The Balaban J connectivity index is 0.000000181. The molecule has 298 valence electrons. The average Bonchev–Trinajstić information content (AvgIpc) is 3.61. The minimum Gasteiger partial charge on any atom is -0.457 e. The van der Waals surface area contributed by atoms with Gasteiger partial charge in [-0.25, -0.2) is 9.59 Å². The van der Waals surface area contributed by atoms with Crippen LogP contribution in [0.5, 0.6) is 23.0 Å². The van der Waals surface area contributed by atoms with Crippen LogP contribution in [0.15, 0.2) is 146 Å². The molecule has 4 aromatic carbocycles. The predicted octanol–water partition coefficient (Wildman–Crippen LogP) is 8.74. The quantitative estimate of drug-likeness (QED) is 0.0715. The number of thiocarbonyl (C=S) groups is 2. The number of hydrogen-bond acceptors (Lipinski definition) is 10. The van der Waals surface area contributed by atoms with E-state index in [1.165, 1.54) is 0 Å². The van der Waals surface area contributed by atoms with E-state index in [4.69, 9.17) is 45.4 Å². The number of urea groups is 2. The van der Waals surface area contributed by atoms with Gasteiger partial charge >= 0.3 is 12.1 Å². The lowest BCUT2D eigenvalue weighted by Crippen LogP contribution is -2.19. The fraction of sp³-hybridized carbons (Fsp3) is 0.0233. The Labute approximate surface area is 353 Å². The van der Waals surface area contributed by atoms with E-state index in [-0.39, 0.29) is 22.0 Å². The lowest BCUT2D eigenvalue weighted by Gasteiger charge is -2.10. The van der Waals surface area contributed by atoms with E-state index < -0.39 is 0 Å². The molecule has 60 heavy (non-hydrogen) atoms. The van der Waals surface area contributed by atoms with Crippen molar-refractivity contribution in [1.29, 1.82) is 0 Å². The number of pyridine rings is 3. The number of carbonyl (C=O) groups is 2. The smallest absolute Gasteiger partial charge is 0.323 e. The van der Waals surface area contributed by atoms with Gasteiger partial charge in [-0.1, -0.05) is 30.5 Å². The van der Waals surface area contributed by atoms with Crippen molar-refractivity contribution in [3.8, 4) is 23.0 Å². The molecule has 0 unspecified atom stereocenters. The Hall–Kier alpha value is -8.02. The van der Waals surface area contributed by atoms with Crippen molar-refractivity contribution in [2.45, 2.75) is 0 Å². The van der Waals surface area contributed by atoms with Crippen molar-refractivity contribution in [2.75, 3.05) is 21.3 Å². The number of nitrogens with two attached hydrogens (primary N) is 2. The number of amides is 4. The van der Waals surface area contributed by atoms with Crippen LogP contribution in [0.25, 0.3) is 21.8 Å². The first-order valence-corrected chi connectivity index (χ1v) is 18.9. The normalized spacial score (nSPS) is 10.5. The number of carbonyl (C=O) groups excluding carboxylic acids is 2. The molecule has 8 rings (SSSR count). The monoisotopic (exact) mass is 833 g/mol. The van der Waals surface area contributed by atoms with Crippen molar-refractivity contribution in [3.63, 3.8) is 0 Å². The number of benzene rings is 4. The first-order chi connectivity index (χ1) is 29.0. The van der Waals surface area contributed by atoms with Gasteiger partial charge in [-0.05, 0) is 103 Å². The van der Waals surface area contributed by atoms with Crippen LogP contribution in [0.2, 0.25) is 0 Å². The topological polar surface area (TPSA) is 209 Å². The first-order valence-electron chi connectivity index (χ1n) is 18.0. The van der Waals surface area contributed by atoms with Crippen molar-refractivity contribution >= 4 is 91.0 Å². The third-order valence-corrected chi connectivity index (χ3v) is 8.95. The molecule has 4 amide bonds. The molecule has 0 fully saturated rings. The summed E-state index contributed by atoms with van der Waals surface area (Å²) in [5.74, 6) is 2.33. The molecule has 0 aliphatic heterocycles. The van der Waals surface area contributed by atoms with Crippen LogP contribution in [0.3, 0.4) is 0 Å². The summed E-state index contributed by atoms with van der Waals surface area (Å²) in [5.41, 5.74) is 16.6. The summed E-state index contributed by atoms with van der Waals surface area (Å²) >= 11 is 9.85. The summed E-state index contributed by atoms with van der Waals surface area (Å²) < 4.78 is 13.3. The first kappa shape index (κ1) is 40.2. The van der Waals surface area contributed by atoms with Crippen LogP contribution in [0, 0.1) is 0 Å². The summed E-state index contributed by atoms with van der Waals surface area (Å²) in [4.78, 5) is 37.4. The third-order valence-electron chi connectivity index (χ3n) is 8.53. The van der Waals surface area contributed by atoms with Crippen molar-refractivity contribution in [2.24, 2.45) is 18.5 Å². The Morgan fingerprint density at radius 3 is 1.57 bits per heavy atom. The van der Waals surface area contributed by atoms with Gasteiger partial charge in [0.25, 0.3) is 0 Å². The van der Waals surface area contributed by atoms with Crippen LogP contribution < -0.4 is 42.2 Å². The summed E-state index contributed by atoms with van der Waals surface area (Å²) in [6, 6.07) is 35.0. The van der Waals surface area contributed by atoms with E-state index in [1.54, 1.807) is 102 Å². The van der Waals surface area contributed by atoms with E-state index in [2.05, 4.69) is 41.3 Å². The molecule has 4 heterocycles. The number of aryl methyl sites for hydroxylation is 1. The van der Waals surface area contributed by atoms with Crippen molar-refractivity contribution in [3.05, 3.63) is 158 Å². The van der Waals surface area contributed by atoms with Crippen LogP contribution in [-0.4, -0.2) is 46.8 Å². The molecule has 0 aliphatic carbocycles. The van der Waals surface area contributed by atoms with Crippen LogP contribution in [-0.2, 0) is 7.05 Å². The standard InChI is InChI=1S/C22H17N5O2S.C21H18N6O2S/c23-21(30)20-13-18(9-11-25-20)29-17-6-3-15(4-7-17)26-22(28)27-16-5-8-19-14(12-16)2-1-10-24-19;1-27-19-7-4-15(10-13(19)12-24-27)26-21(28)25-14-2-5-16(6-3-14)29-17-8-9-23-18(11-17)20(22)30/h1-13H,(H2,23,30)(H2,26,27,28);2-12H,1H3,(H2,22,30)(H2,25,26,28). The highest BCUT2D eigenvalue weighted by molar-refractivity contribution is 7.80. The maximum atomic E-state index is 12.3. The van der Waals surface area contributed by atoms with E-state index in [9.17, 15) is 9.59 Å². The molecule has 0 atom stereocenters. The Morgan fingerprint density at radius 2 is 1.03 bits per heavy atom. The van der Waals surface area contributed by atoms with Gasteiger partial charge < -0.3 is 42.2 Å². The molecule has 0 spiro atoms. The second-order valence-electron chi connectivity index (χ2n) is 12.8. The molecule has 17 heteroatoms. The zero-order valence-electron chi connectivity index (χ0n) is 31.7. The lowest BCUT2D eigenvalue weighted by molar-refractivity contribution is 0.261. The molecule has 0 aliphatic rings. The van der Waals surface area contributed by atoms with Crippen LogP contribution in [0.1, 0.15) is 11.4 Å². The number of ether oxygens (including phenoxy) is 2. The van der Waals surface area contributed by atoms with Crippen molar-refractivity contribution < 1.29 is 19.1 Å². The molecule has 0 saturated heterocycles. The maximum absolute atomic E-state index is 12.3. The lowest BCUT2D eigenvalue weighted by atomic mass is 10.2. The summed E-state index contributed by atoms with van der Waals surface area (Å²) in [5, 5.41) is 17.3. The number of rotatable bonds is 10. The van der Waals surface area contributed by atoms with Gasteiger partial charge in [0, 0.05) is 71.3 Å². The van der Waals surface area contributed by atoms with Gasteiger partial charge in [0.2, 0.25) is 0 Å². The molecule has 8 N–H and O–H groups in total. The zero-order chi connectivity index (χ0) is 42.0. The summed E-state index contributed by atoms with van der Waals surface area (Å²) in [6.07, 6.45) is 6.64. The fourth-order valence-electron chi connectivity index (χ4n) is 5.69. The van der Waals surface area contributed by atoms with Gasteiger partial charge in [0.05, 0.1) is 17.2 Å². The molecule has 0 bridgehead atoms. The number of aromatic nitrogens is 5. The predicted molar refractivity (Wildman–Crippen MR) is 241 cm³/mol. The van der Waals surface area contributed by atoms with E-state index in [0.717, 1.165) is 21.8 Å². The van der Waals surface area contributed by atoms with Gasteiger partial charge in [0.1, 0.15) is 44.4 Å². The number of nitrogens with one attached hydrogen (secondary N) is 4. The maximum Gasteiger partial charge on any atom is 0.323 e. The number of anilines is 4. The molecule has 4 aromatic heterocycles. The Kier molecular flexibility index (Phi) is 12.4. The molecule has 15 nitrogen and oxygen atoms in total. The zero-order valence-corrected chi connectivity index (χ0v) is 33.3. The summed E-state index contributed by atoms with van der Waals surface area (Å²) in [6.45, 7) is 0. The van der Waals surface area contributed by atoms with Gasteiger partial charge in [-0.3, -0.25) is 19.6 Å². The van der Waals surface area contributed by atoms with Crippen molar-refractivity contribution in [1.82, 2.24) is 24.7 Å². The number of fused-ring (bicyclic) bond motifs is 2. The van der Waals surface area contributed by atoms with E-state index >= 15 is 0 Å². The average molecular weight is 834 g/mol. The van der Waals surface area contributed by atoms with Crippen LogP contribution >= 0.6 is 24.4 Å². The number of nitrogens with zero attached hydrogens (tertiary/aromatic N) is 5. The SMILES string of the molecule is Cn1ncc2cc(NC(=O)Nc3ccc(Oc4ccnc(C(N)=S)c4)cc3)ccc21.NC(=S)c1cc(Oc2ccc(NC(=O)Nc3ccc4ncccc4c3)cc2)ccn1. The van der Waals surface area contributed by atoms with Gasteiger partial charge in [0.15, 0.2) is 0 Å². The fourth-order valence-corrected chi connectivity index (χ4v) is 5.91. The molecular weight excluding hydrogens is 799 g/mol. The highest BCUT2D eigenvalue weighted by Crippen LogP contribution is 2.26. The van der Waals surface area contributed by atoms with E-state index in [0.29, 0.717) is 57.1 Å². The Bertz CT molecular complexity index is 2850. The van der Waals surface area contributed by atoms with Gasteiger partial charge in [-0.15, -0.1) is 0 Å². The highest BCUT2D eigenvalue weighted by Gasteiger charge is 2.09. The molecular formula is C43H35N11O4S2. The van der Waals surface area contributed by atoms with Crippen LogP contribution in [0.4, 0.5) is 32.3 Å². The number of hydrogen-bond donors (Lipinski definition) is 6. The highest BCUT2D eigenvalue weighted by atomic mass is 32.1. The molecule has 8 aromatic rings. The second kappa shape index (κ2) is 18.5. The molecule has 0 saturated carbocycles. The Morgan fingerprint density at radius 1 is 0.550 bits per heavy atom. The van der Waals surface area contributed by atoms with Gasteiger partial charge in [-0.2, -0.15) is 5.10 Å². The van der Waals surface area contributed by atoms with E-state index in [1.807, 2.05) is 55.6 Å². The minimum absolute atomic E-state index is 0.202. The minimum atomic E-state index is -0.345. The third kappa shape index (κ3) is 10.7.